The van der Waals surface area contributed by atoms with Crippen LogP contribution in [0.5, 0.6) is 11.5 Å². The largest absolute Gasteiger partial charge is 0.490 e. The van der Waals surface area contributed by atoms with Crippen LogP contribution in [0.2, 0.25) is 5.02 Å². The summed E-state index contributed by atoms with van der Waals surface area (Å²) in [5, 5.41) is 14.2. The van der Waals surface area contributed by atoms with Gasteiger partial charge in [-0.1, -0.05) is 11.6 Å². The van der Waals surface area contributed by atoms with Crippen molar-refractivity contribution in [1.29, 1.82) is 0 Å². The fraction of sp³-hybridized carbons (Fsp3) is 0.500. The van der Waals surface area contributed by atoms with Crippen molar-refractivity contribution in [2.75, 3.05) is 36.5 Å². The maximum Gasteiger partial charge on any atom is 0.224 e. The number of carbonyl (C=O) groups is 1. The number of carbonyl (C=O) groups excluding carboxylic acids is 1. The first-order valence-electron chi connectivity index (χ1n) is 12.3. The Bertz CT molecular complexity index is 1130. The van der Waals surface area contributed by atoms with Crippen LogP contribution in [0.4, 0.5) is 20.2 Å². The third-order valence-corrected chi connectivity index (χ3v) is 7.23. The van der Waals surface area contributed by atoms with Gasteiger partial charge in [0.2, 0.25) is 5.91 Å². The van der Waals surface area contributed by atoms with Crippen molar-refractivity contribution in [2.45, 2.75) is 56.8 Å². The SMILES string of the molecule is O=C1CCc2c(OCC3(O)CCN(c4ccc(Cl)cc4F)CC3)cc(F)c(OC3CCCCO3)c2N1. The summed E-state index contributed by atoms with van der Waals surface area (Å²) >= 11 is 5.85. The number of benzene rings is 2. The second kappa shape index (κ2) is 10.4. The molecule has 3 heterocycles. The zero-order valence-corrected chi connectivity index (χ0v) is 20.6. The van der Waals surface area contributed by atoms with Gasteiger partial charge in [0.15, 0.2) is 17.9 Å². The molecule has 1 atom stereocenters. The molecular formula is C26H29ClF2N2O5. The van der Waals surface area contributed by atoms with E-state index in [1.54, 1.807) is 12.1 Å². The number of hydrogen-bond donors (Lipinski definition) is 2. The highest BCUT2D eigenvalue weighted by Crippen LogP contribution is 2.42. The summed E-state index contributed by atoms with van der Waals surface area (Å²) in [4.78, 5) is 14.0. The molecule has 5 rings (SSSR count). The van der Waals surface area contributed by atoms with Gasteiger partial charge in [-0.2, -0.15) is 0 Å². The monoisotopic (exact) mass is 522 g/mol. The highest BCUT2D eigenvalue weighted by atomic mass is 35.5. The maximum absolute atomic E-state index is 15.2. The van der Waals surface area contributed by atoms with Crippen LogP contribution in [0.3, 0.4) is 0 Å². The predicted molar refractivity (Wildman–Crippen MR) is 131 cm³/mol. The van der Waals surface area contributed by atoms with E-state index in [4.69, 9.17) is 25.8 Å². The summed E-state index contributed by atoms with van der Waals surface area (Å²) in [5.41, 5.74) is 0.166. The Morgan fingerprint density at radius 3 is 2.69 bits per heavy atom. The Morgan fingerprint density at radius 2 is 1.97 bits per heavy atom. The molecule has 7 nitrogen and oxygen atoms in total. The minimum absolute atomic E-state index is 0.0469. The quantitative estimate of drug-likeness (QED) is 0.566. The zero-order chi connectivity index (χ0) is 25.3. The van der Waals surface area contributed by atoms with Crippen molar-refractivity contribution >= 4 is 28.9 Å². The van der Waals surface area contributed by atoms with Crippen molar-refractivity contribution in [3.8, 4) is 11.5 Å². The minimum atomic E-state index is -1.16. The predicted octanol–water partition coefficient (Wildman–Crippen LogP) is 4.82. The van der Waals surface area contributed by atoms with E-state index in [1.165, 1.54) is 12.1 Å². The molecule has 2 fully saturated rings. The van der Waals surface area contributed by atoms with E-state index >= 15 is 4.39 Å². The third-order valence-electron chi connectivity index (χ3n) is 7.00. The first-order valence-corrected chi connectivity index (χ1v) is 12.7. The van der Waals surface area contributed by atoms with Gasteiger partial charge in [0, 0.05) is 42.6 Å². The number of nitrogens with zero attached hydrogens (tertiary/aromatic N) is 1. The minimum Gasteiger partial charge on any atom is -0.490 e. The molecule has 3 aliphatic rings. The first kappa shape index (κ1) is 25.0. The summed E-state index contributed by atoms with van der Waals surface area (Å²) in [7, 11) is 0. The summed E-state index contributed by atoms with van der Waals surface area (Å²) in [5.74, 6) is -1.09. The highest BCUT2D eigenvalue weighted by Gasteiger charge is 2.35. The number of amides is 1. The van der Waals surface area contributed by atoms with Crippen molar-refractivity contribution in [3.05, 3.63) is 46.5 Å². The van der Waals surface area contributed by atoms with Crippen LogP contribution in [0.1, 0.15) is 44.1 Å². The van der Waals surface area contributed by atoms with Gasteiger partial charge in [-0.05, 0) is 50.3 Å². The number of fused-ring (bicyclic) bond motifs is 1. The number of anilines is 2. The number of halogens is 3. The van der Waals surface area contributed by atoms with Crippen molar-refractivity contribution in [1.82, 2.24) is 0 Å². The Morgan fingerprint density at radius 1 is 1.17 bits per heavy atom. The molecular weight excluding hydrogens is 494 g/mol. The van der Waals surface area contributed by atoms with E-state index in [-0.39, 0.29) is 36.1 Å². The highest BCUT2D eigenvalue weighted by molar-refractivity contribution is 6.30. The first-order chi connectivity index (χ1) is 17.3. The number of hydrogen-bond acceptors (Lipinski definition) is 6. The molecule has 0 bridgehead atoms. The molecule has 0 spiro atoms. The van der Waals surface area contributed by atoms with Gasteiger partial charge in [-0.25, -0.2) is 8.78 Å². The van der Waals surface area contributed by atoms with Crippen LogP contribution in [0.25, 0.3) is 0 Å². The molecule has 2 saturated heterocycles. The average molecular weight is 523 g/mol. The maximum atomic E-state index is 15.2. The molecule has 0 aliphatic carbocycles. The lowest BCUT2D eigenvalue weighted by Gasteiger charge is -2.39. The van der Waals surface area contributed by atoms with Gasteiger partial charge < -0.3 is 29.5 Å². The second-order valence-electron chi connectivity index (χ2n) is 9.60. The van der Waals surface area contributed by atoms with Crippen molar-refractivity contribution in [2.24, 2.45) is 0 Å². The van der Waals surface area contributed by atoms with E-state index in [9.17, 15) is 14.3 Å². The van der Waals surface area contributed by atoms with Crippen molar-refractivity contribution in [3.63, 3.8) is 0 Å². The van der Waals surface area contributed by atoms with Crippen LogP contribution in [0.15, 0.2) is 24.3 Å². The van der Waals surface area contributed by atoms with Crippen LogP contribution in [-0.4, -0.2) is 49.2 Å². The summed E-state index contributed by atoms with van der Waals surface area (Å²) in [6.07, 6.45) is 3.21. The van der Waals surface area contributed by atoms with Crippen molar-refractivity contribution < 1.29 is 32.9 Å². The molecule has 3 aliphatic heterocycles. The molecule has 10 heteroatoms. The Hall–Kier alpha value is -2.62. The lowest BCUT2D eigenvalue weighted by atomic mass is 9.92. The van der Waals surface area contributed by atoms with E-state index < -0.39 is 23.5 Å². The number of aliphatic hydroxyl groups is 1. The standard InChI is InChI=1S/C26H29ClF2N2O5/c27-16-4-6-20(18(28)13-16)31-10-8-26(33,9-11-31)15-35-21-14-19(29)25(36-23-3-1-2-12-34-23)24-17(21)5-7-22(32)30-24/h4,6,13-14,23,33H,1-3,5,7-12,15H2,(H,30,32). The summed E-state index contributed by atoms with van der Waals surface area (Å²) in [6, 6.07) is 5.78. The lowest BCUT2D eigenvalue weighted by molar-refractivity contribution is -0.116. The smallest absolute Gasteiger partial charge is 0.224 e. The molecule has 1 unspecified atom stereocenters. The van der Waals surface area contributed by atoms with Crippen LogP contribution in [-0.2, 0) is 16.0 Å². The fourth-order valence-corrected chi connectivity index (χ4v) is 5.06. The molecule has 0 saturated carbocycles. The number of piperidine rings is 1. The normalized spacial score (nSPS) is 21.5. The Balaban J connectivity index is 1.29. The van der Waals surface area contributed by atoms with Gasteiger partial charge in [0.05, 0.1) is 18.0 Å². The van der Waals surface area contributed by atoms with Gasteiger partial charge in [0.25, 0.3) is 0 Å². The molecule has 2 aromatic carbocycles. The van der Waals surface area contributed by atoms with Gasteiger partial charge in [-0.3, -0.25) is 4.79 Å². The Labute approximate surface area is 213 Å². The summed E-state index contributed by atoms with van der Waals surface area (Å²) < 4.78 is 46.8. The third kappa shape index (κ3) is 5.38. The average Bonchev–Trinajstić information content (AvgIpc) is 2.86. The van der Waals surface area contributed by atoms with Crippen LogP contribution >= 0.6 is 11.6 Å². The van der Waals surface area contributed by atoms with Gasteiger partial charge in [-0.15, -0.1) is 0 Å². The van der Waals surface area contributed by atoms with Crippen LogP contribution in [0, 0.1) is 11.6 Å². The van der Waals surface area contributed by atoms with E-state index in [0.29, 0.717) is 61.7 Å². The van der Waals surface area contributed by atoms with Crippen LogP contribution < -0.4 is 19.7 Å². The summed E-state index contributed by atoms with van der Waals surface area (Å²) in [6.45, 7) is 1.34. The lowest BCUT2D eigenvalue weighted by Crippen LogP contribution is -2.48. The molecule has 2 N–H and O–H groups in total. The van der Waals surface area contributed by atoms with E-state index in [2.05, 4.69) is 5.32 Å². The number of rotatable bonds is 6. The molecule has 1 amide bonds. The second-order valence-corrected chi connectivity index (χ2v) is 10.0. The zero-order valence-electron chi connectivity index (χ0n) is 19.8. The van der Waals surface area contributed by atoms with E-state index in [1.807, 2.05) is 4.90 Å². The van der Waals surface area contributed by atoms with E-state index in [0.717, 1.165) is 12.8 Å². The fourth-order valence-electron chi connectivity index (χ4n) is 4.91. The molecule has 0 aromatic heterocycles. The molecule has 36 heavy (non-hydrogen) atoms. The van der Waals surface area contributed by atoms with Gasteiger partial charge >= 0.3 is 0 Å². The number of ether oxygens (including phenoxy) is 3. The topological polar surface area (TPSA) is 80.3 Å². The molecule has 2 aromatic rings. The number of nitrogens with one attached hydrogen (secondary N) is 1. The molecule has 0 radical (unpaired) electrons. The Kier molecular flexibility index (Phi) is 7.23. The molecule has 194 valence electrons. The van der Waals surface area contributed by atoms with Gasteiger partial charge in [0.1, 0.15) is 23.8 Å².